The molecule has 0 aliphatic carbocycles. The van der Waals surface area contributed by atoms with Crippen molar-refractivity contribution in [3.8, 4) is 33.7 Å². The van der Waals surface area contributed by atoms with Gasteiger partial charge in [-0.05, 0) is 0 Å². The van der Waals surface area contributed by atoms with Crippen LogP contribution in [0.4, 0.5) is 5.69 Å². The van der Waals surface area contributed by atoms with Gasteiger partial charge in [0.15, 0.2) is 17.2 Å². The molecule has 0 radical (unpaired) electrons. The standard InChI is InChI=1S/C25H28N2O9Se/c1-31-19-8-7-15(10-18(19)28)23-17(13-35-22(29)6-5-9-36-37-14-26)25(30)27(23)16-11-20(32-2)24(34-4)21(12-16)33-3/h7-8,10-12,17,23,28H,5-6,9,13H2,1-4H3/t17-,23+/m1/s1. The number of phenolic OH excluding ortho intramolecular Hbond substituents is 1. The SMILES string of the molecule is COc1ccc([C@H]2[C@@H](COC(=O)CCCO[Se]C#N)C(=O)N2c2cc(OC)c(OC)c(OC)c2)cc1O. The fraction of sp³-hybridized carbons (Fsp3) is 0.400. The molecule has 2 aromatic carbocycles. The zero-order valence-corrected chi connectivity index (χ0v) is 22.6. The summed E-state index contributed by atoms with van der Waals surface area (Å²) in [7, 11) is 5.89. The summed E-state index contributed by atoms with van der Waals surface area (Å²) in [5.74, 6) is -0.104. The molecule has 2 aromatic rings. The molecule has 0 unspecified atom stereocenters. The minimum atomic E-state index is -0.686. The van der Waals surface area contributed by atoms with E-state index in [9.17, 15) is 14.7 Å². The van der Waals surface area contributed by atoms with Crippen LogP contribution in [-0.2, 0) is 18.1 Å². The monoisotopic (exact) mass is 580 g/mol. The summed E-state index contributed by atoms with van der Waals surface area (Å²) in [6, 6.07) is 7.61. The Morgan fingerprint density at radius 3 is 2.30 bits per heavy atom. The van der Waals surface area contributed by atoms with Crippen LogP contribution in [0.3, 0.4) is 0 Å². The summed E-state index contributed by atoms with van der Waals surface area (Å²) in [5.41, 5.74) is 1.11. The molecule has 1 saturated heterocycles. The molecule has 12 heteroatoms. The summed E-state index contributed by atoms with van der Waals surface area (Å²) in [5, 5.41) is 18.9. The molecule has 0 saturated carbocycles. The number of amides is 1. The van der Waals surface area contributed by atoms with E-state index in [1.165, 1.54) is 39.4 Å². The molecular formula is C25H28N2O9Se. The van der Waals surface area contributed by atoms with Crippen molar-refractivity contribution in [2.75, 3.05) is 46.6 Å². The van der Waals surface area contributed by atoms with Crippen molar-refractivity contribution in [3.05, 3.63) is 35.9 Å². The van der Waals surface area contributed by atoms with Crippen LogP contribution < -0.4 is 23.8 Å². The minimum absolute atomic E-state index is 0.0843. The van der Waals surface area contributed by atoms with Gasteiger partial charge < -0.3 is 24.1 Å². The third-order valence-electron chi connectivity index (χ3n) is 5.81. The van der Waals surface area contributed by atoms with Crippen LogP contribution >= 0.6 is 0 Å². The Balaban J connectivity index is 1.86. The first-order valence-corrected chi connectivity index (χ1v) is 12.8. The second-order valence-electron chi connectivity index (χ2n) is 7.86. The van der Waals surface area contributed by atoms with Gasteiger partial charge >= 0.3 is 146 Å². The smallest absolute Gasteiger partial charge is 0.504 e. The van der Waals surface area contributed by atoms with Gasteiger partial charge in [-0.2, -0.15) is 0 Å². The number of hydrogen-bond acceptors (Lipinski definition) is 10. The number of anilines is 1. The van der Waals surface area contributed by atoms with Gasteiger partial charge in [-0.25, -0.2) is 0 Å². The molecule has 3 rings (SSSR count). The number of β-lactam (4-membered cyclic amide) rings is 1. The van der Waals surface area contributed by atoms with Gasteiger partial charge in [0, 0.05) is 0 Å². The zero-order chi connectivity index (χ0) is 26.9. The molecular weight excluding hydrogens is 551 g/mol. The van der Waals surface area contributed by atoms with Crippen LogP contribution in [0.25, 0.3) is 0 Å². The molecule has 198 valence electrons. The van der Waals surface area contributed by atoms with Crippen LogP contribution in [0.2, 0.25) is 0 Å². The fourth-order valence-corrected chi connectivity index (χ4v) is 4.61. The van der Waals surface area contributed by atoms with Crippen LogP contribution in [0.15, 0.2) is 30.3 Å². The van der Waals surface area contributed by atoms with Gasteiger partial charge in [-0.1, -0.05) is 0 Å². The quantitative estimate of drug-likeness (QED) is 0.163. The van der Waals surface area contributed by atoms with E-state index in [0.717, 1.165) is 0 Å². The molecule has 37 heavy (non-hydrogen) atoms. The van der Waals surface area contributed by atoms with Gasteiger partial charge in [0.2, 0.25) is 5.75 Å². The summed E-state index contributed by atoms with van der Waals surface area (Å²) in [6.45, 7) is 0.146. The Labute approximate surface area is 221 Å². The van der Waals surface area contributed by atoms with E-state index in [-0.39, 0.29) is 37.0 Å². The average molecular weight is 579 g/mol. The third kappa shape index (κ3) is 6.20. The van der Waals surface area contributed by atoms with Crippen molar-refractivity contribution < 1.29 is 42.2 Å². The minimum Gasteiger partial charge on any atom is -0.504 e. The number of aromatic hydroxyl groups is 1. The summed E-state index contributed by atoms with van der Waals surface area (Å²) in [4.78, 5) is 29.0. The second-order valence-corrected chi connectivity index (χ2v) is 9.08. The van der Waals surface area contributed by atoms with Crippen molar-refractivity contribution in [2.45, 2.75) is 18.9 Å². The number of nitrogens with zero attached hydrogens (tertiary/aromatic N) is 2. The first kappa shape index (κ1) is 27.9. The maximum absolute atomic E-state index is 13.3. The first-order chi connectivity index (χ1) is 17.9. The van der Waals surface area contributed by atoms with Crippen LogP contribution in [0, 0.1) is 16.1 Å². The Morgan fingerprint density at radius 2 is 1.73 bits per heavy atom. The maximum atomic E-state index is 13.3. The number of phenols is 1. The molecule has 2 atom stereocenters. The Morgan fingerprint density at radius 1 is 1.05 bits per heavy atom. The van der Waals surface area contributed by atoms with Crippen LogP contribution in [0.1, 0.15) is 24.4 Å². The number of carbonyl (C=O) groups is 2. The van der Waals surface area contributed by atoms with Crippen molar-refractivity contribution in [1.82, 2.24) is 0 Å². The van der Waals surface area contributed by atoms with E-state index < -0.39 is 33.2 Å². The summed E-state index contributed by atoms with van der Waals surface area (Å²) < 4.78 is 31.9. The molecule has 1 N–H and O–H groups in total. The number of methoxy groups -OCH3 is 4. The van der Waals surface area contributed by atoms with Gasteiger partial charge in [0.25, 0.3) is 0 Å². The molecule has 1 aliphatic rings. The van der Waals surface area contributed by atoms with E-state index in [0.29, 0.717) is 34.9 Å². The average Bonchev–Trinajstić information content (AvgIpc) is 2.90. The first-order valence-electron chi connectivity index (χ1n) is 11.2. The molecule has 1 fully saturated rings. The normalized spacial score (nSPS) is 16.4. The van der Waals surface area contributed by atoms with E-state index >= 15 is 0 Å². The molecule has 0 bridgehead atoms. The Kier molecular flexibility index (Phi) is 9.85. The number of esters is 1. The number of rotatable bonds is 13. The molecule has 11 nitrogen and oxygen atoms in total. The molecule has 1 amide bonds. The van der Waals surface area contributed by atoms with E-state index in [2.05, 4.69) is 0 Å². The van der Waals surface area contributed by atoms with Crippen molar-refractivity contribution in [1.29, 1.82) is 5.26 Å². The zero-order valence-electron chi connectivity index (χ0n) is 20.9. The van der Waals surface area contributed by atoms with Gasteiger partial charge in [-0.3, -0.25) is 0 Å². The number of carbonyl (C=O) groups excluding carboxylic acids is 2. The fourth-order valence-electron chi connectivity index (χ4n) is 4.08. The summed E-state index contributed by atoms with van der Waals surface area (Å²) >= 11 is -0.560. The third-order valence-corrected chi connectivity index (χ3v) is 6.57. The second kappa shape index (κ2) is 13.1. The number of benzene rings is 2. The van der Waals surface area contributed by atoms with Crippen molar-refractivity contribution >= 4 is 32.9 Å². The topological polar surface area (TPSA) is 137 Å². The van der Waals surface area contributed by atoms with Crippen molar-refractivity contribution in [3.63, 3.8) is 0 Å². The Bertz CT molecular complexity index is 1140. The molecule has 1 heterocycles. The number of ether oxygens (including phenoxy) is 5. The number of nitriles is 1. The predicted octanol–water partition coefficient (Wildman–Crippen LogP) is 2.57. The molecule has 0 spiro atoms. The van der Waals surface area contributed by atoms with Crippen LogP contribution in [-0.4, -0.2) is 73.9 Å². The summed E-state index contributed by atoms with van der Waals surface area (Å²) in [6.07, 6.45) is 0.515. The predicted molar refractivity (Wildman–Crippen MR) is 132 cm³/mol. The van der Waals surface area contributed by atoms with E-state index in [1.807, 2.05) is 4.97 Å². The van der Waals surface area contributed by atoms with Gasteiger partial charge in [0.05, 0.1) is 28.4 Å². The van der Waals surface area contributed by atoms with E-state index in [1.54, 1.807) is 24.3 Å². The van der Waals surface area contributed by atoms with Crippen molar-refractivity contribution in [2.24, 2.45) is 5.92 Å². The Hall–Kier alpha value is -3.65. The molecule has 1 aliphatic heterocycles. The van der Waals surface area contributed by atoms with Gasteiger partial charge in [-0.15, -0.1) is 0 Å². The number of hydrogen-bond donors (Lipinski definition) is 1. The van der Waals surface area contributed by atoms with E-state index in [4.69, 9.17) is 32.8 Å². The molecule has 0 aromatic heterocycles. The van der Waals surface area contributed by atoms with Crippen LogP contribution in [0.5, 0.6) is 28.7 Å². The van der Waals surface area contributed by atoms with Gasteiger partial charge in [0.1, 0.15) is 0 Å².